The molecule has 3 fully saturated rings. The van der Waals surface area contributed by atoms with E-state index in [4.69, 9.17) is 16.6 Å². The first kappa shape index (κ1) is 32.5. The van der Waals surface area contributed by atoms with E-state index in [-0.39, 0.29) is 12.1 Å². The first-order chi connectivity index (χ1) is 21.2. The van der Waals surface area contributed by atoms with E-state index in [0.29, 0.717) is 30.2 Å². The number of hydrogen-bond donors (Lipinski definition) is 1. The number of rotatable bonds is 6. The number of aromatic nitrogens is 1. The van der Waals surface area contributed by atoms with Crippen molar-refractivity contribution >= 4 is 40.5 Å². The molecule has 3 aliphatic heterocycles. The zero-order valence-corrected chi connectivity index (χ0v) is 28.9. The van der Waals surface area contributed by atoms with Gasteiger partial charge in [0.05, 0.1) is 11.7 Å². The summed E-state index contributed by atoms with van der Waals surface area (Å²) in [6.07, 6.45) is 8.81. The standard InChI is InChI=1S/C34H48BBrClN5O2/c1-23(2)31-22-40(16-17-42(31)32(43)18-24-8-14-41(15-9-24)35(3)44)29-10-12-39(13-11-29)34-30-7-6-28(37)20-25(30)4-5-26-19-27(36)21-38-33(26)34/h6-7,19-21,23-24,29,31,34,44H,4-5,8-18,22H2,1-3H3/t31-,34?/m1/s1. The molecule has 0 spiro atoms. The molecule has 1 N–H and O–H groups in total. The van der Waals surface area contributed by atoms with Crippen molar-refractivity contribution in [1.29, 1.82) is 0 Å². The monoisotopic (exact) mass is 683 g/mol. The predicted molar refractivity (Wildman–Crippen MR) is 182 cm³/mol. The summed E-state index contributed by atoms with van der Waals surface area (Å²) in [6, 6.07) is 9.63. The molecule has 4 heterocycles. The summed E-state index contributed by atoms with van der Waals surface area (Å²) in [5.41, 5.74) is 5.21. The number of piperazine rings is 1. The molecule has 1 aliphatic carbocycles. The molecule has 7 nitrogen and oxygen atoms in total. The lowest BCUT2D eigenvalue weighted by Crippen LogP contribution is -2.60. The number of carbonyl (C=O) groups excluding carboxylic acids is 1. The molecule has 0 saturated carbocycles. The number of likely N-dealkylation sites (tertiary alicyclic amines) is 1. The third kappa shape index (κ3) is 7.08. The number of aryl methyl sites for hydroxylation is 2. The number of hydrogen-bond acceptors (Lipinski definition) is 6. The summed E-state index contributed by atoms with van der Waals surface area (Å²) in [5, 5.41) is 10.7. The van der Waals surface area contributed by atoms with Gasteiger partial charge in [-0.1, -0.05) is 31.5 Å². The minimum Gasteiger partial charge on any atom is -0.437 e. The fourth-order valence-electron chi connectivity index (χ4n) is 8.23. The molecule has 44 heavy (non-hydrogen) atoms. The summed E-state index contributed by atoms with van der Waals surface area (Å²) >= 11 is 10.1. The number of pyridine rings is 1. The molecule has 1 aromatic carbocycles. The molecular weight excluding hydrogens is 637 g/mol. The largest absolute Gasteiger partial charge is 0.437 e. The van der Waals surface area contributed by atoms with E-state index in [2.05, 4.69) is 67.5 Å². The van der Waals surface area contributed by atoms with Crippen LogP contribution in [0.15, 0.2) is 34.9 Å². The Kier molecular flexibility index (Phi) is 10.4. The molecule has 0 bridgehead atoms. The average molecular weight is 685 g/mol. The van der Waals surface area contributed by atoms with Gasteiger partial charge in [0.1, 0.15) is 0 Å². The summed E-state index contributed by atoms with van der Waals surface area (Å²) in [7, 11) is -0.395. The Labute approximate surface area is 277 Å². The average Bonchev–Trinajstić information content (AvgIpc) is 3.17. The second-order valence-electron chi connectivity index (χ2n) is 13.9. The summed E-state index contributed by atoms with van der Waals surface area (Å²) in [6.45, 7) is 13.0. The van der Waals surface area contributed by atoms with Crippen molar-refractivity contribution in [3.05, 3.63) is 62.3 Å². The number of amides is 1. The van der Waals surface area contributed by atoms with Crippen LogP contribution in [0.4, 0.5) is 0 Å². The lowest BCUT2D eigenvalue weighted by molar-refractivity contribution is -0.139. The van der Waals surface area contributed by atoms with Gasteiger partial charge < -0.3 is 14.7 Å². The van der Waals surface area contributed by atoms with Crippen molar-refractivity contribution in [1.82, 2.24) is 24.5 Å². The summed E-state index contributed by atoms with van der Waals surface area (Å²) in [4.78, 5) is 28.2. The molecule has 2 aromatic rings. The van der Waals surface area contributed by atoms with Crippen LogP contribution in [0.3, 0.4) is 0 Å². The van der Waals surface area contributed by atoms with Crippen molar-refractivity contribution in [3.63, 3.8) is 0 Å². The zero-order chi connectivity index (χ0) is 31.0. The fourth-order valence-corrected chi connectivity index (χ4v) is 8.80. The molecular formula is C34H48BBrClN5O2. The maximum absolute atomic E-state index is 13.6. The van der Waals surface area contributed by atoms with E-state index in [1.54, 1.807) is 0 Å². The van der Waals surface area contributed by atoms with Crippen LogP contribution in [0.2, 0.25) is 11.8 Å². The fraction of sp³-hybridized carbons (Fsp3) is 0.647. The van der Waals surface area contributed by atoms with Crippen LogP contribution in [0.5, 0.6) is 0 Å². The Morgan fingerprint density at radius 2 is 1.75 bits per heavy atom. The lowest BCUT2D eigenvalue weighted by atomic mass is 9.80. The smallest absolute Gasteiger partial charge is 0.376 e. The zero-order valence-electron chi connectivity index (χ0n) is 26.6. The van der Waals surface area contributed by atoms with E-state index in [1.807, 2.05) is 19.1 Å². The van der Waals surface area contributed by atoms with Gasteiger partial charge >= 0.3 is 7.05 Å². The van der Waals surface area contributed by atoms with Crippen molar-refractivity contribution in [3.8, 4) is 0 Å². The highest BCUT2D eigenvalue weighted by Crippen LogP contribution is 2.39. The second-order valence-corrected chi connectivity index (χ2v) is 15.3. The van der Waals surface area contributed by atoms with E-state index in [9.17, 15) is 9.82 Å². The molecule has 1 amide bonds. The molecule has 1 unspecified atom stereocenters. The topological polar surface area (TPSA) is 63.2 Å². The van der Waals surface area contributed by atoms with E-state index < -0.39 is 7.05 Å². The van der Waals surface area contributed by atoms with Crippen LogP contribution < -0.4 is 0 Å². The minimum atomic E-state index is -0.395. The van der Waals surface area contributed by atoms with Crippen molar-refractivity contribution in [2.24, 2.45) is 11.8 Å². The maximum Gasteiger partial charge on any atom is 0.376 e. The Balaban J connectivity index is 1.10. The lowest BCUT2D eigenvalue weighted by Gasteiger charge is -2.48. The molecule has 6 rings (SSSR count). The molecule has 0 radical (unpaired) electrons. The van der Waals surface area contributed by atoms with Gasteiger partial charge in [0.15, 0.2) is 0 Å². The summed E-state index contributed by atoms with van der Waals surface area (Å²) < 4.78 is 1.04. The maximum atomic E-state index is 13.6. The third-order valence-electron chi connectivity index (χ3n) is 10.9. The first-order valence-corrected chi connectivity index (χ1v) is 18.0. The molecule has 238 valence electrons. The van der Waals surface area contributed by atoms with Crippen LogP contribution in [0.1, 0.15) is 74.4 Å². The number of benzene rings is 1. The number of piperidine rings is 2. The van der Waals surface area contributed by atoms with Crippen molar-refractivity contribution < 1.29 is 9.82 Å². The first-order valence-electron chi connectivity index (χ1n) is 16.8. The third-order valence-corrected chi connectivity index (χ3v) is 11.5. The van der Waals surface area contributed by atoms with Gasteiger partial charge in [-0.05, 0) is 121 Å². The minimum absolute atomic E-state index is 0.152. The molecule has 3 saturated heterocycles. The van der Waals surface area contributed by atoms with E-state index in [0.717, 1.165) is 93.8 Å². The van der Waals surface area contributed by atoms with Crippen molar-refractivity contribution in [2.75, 3.05) is 45.8 Å². The number of fused-ring (bicyclic) bond motifs is 2. The Morgan fingerprint density at radius 1 is 1.02 bits per heavy atom. The molecule has 4 aliphatic rings. The molecule has 2 atom stereocenters. The Bertz CT molecular complexity index is 1260. The molecule has 1 aromatic heterocycles. The predicted octanol–water partition coefficient (Wildman–Crippen LogP) is 5.53. The van der Waals surface area contributed by atoms with Crippen LogP contribution in [0, 0.1) is 11.8 Å². The van der Waals surface area contributed by atoms with Crippen LogP contribution in [0.25, 0.3) is 0 Å². The quantitative estimate of drug-likeness (QED) is 0.404. The van der Waals surface area contributed by atoms with Gasteiger partial charge in [-0.25, -0.2) is 0 Å². The van der Waals surface area contributed by atoms with Crippen LogP contribution >= 0.6 is 27.5 Å². The second kappa shape index (κ2) is 14.1. The highest BCUT2D eigenvalue weighted by molar-refractivity contribution is 9.10. The number of carbonyl (C=O) groups is 1. The number of nitrogens with zero attached hydrogens (tertiary/aromatic N) is 5. The highest BCUT2D eigenvalue weighted by Gasteiger charge is 2.39. The van der Waals surface area contributed by atoms with Gasteiger partial charge in [0, 0.05) is 66.9 Å². The number of halogens is 2. The SMILES string of the molecule is CB(O)N1CCC(CC(=O)N2CCN(C3CCN(C4c5ccc(Cl)cc5CCc5cc(Br)cnc54)CC3)C[C@@H]2C(C)C)CC1. The normalized spacial score (nSPS) is 24.7. The van der Waals surface area contributed by atoms with Gasteiger partial charge in [-0.3, -0.25) is 19.6 Å². The van der Waals surface area contributed by atoms with Crippen LogP contribution in [-0.4, -0.2) is 100 Å². The van der Waals surface area contributed by atoms with E-state index >= 15 is 0 Å². The van der Waals surface area contributed by atoms with Gasteiger partial charge in [-0.15, -0.1) is 0 Å². The van der Waals surface area contributed by atoms with Gasteiger partial charge in [0.25, 0.3) is 0 Å². The van der Waals surface area contributed by atoms with E-state index in [1.165, 1.54) is 22.4 Å². The molecule has 10 heteroatoms. The Hall–Kier alpha value is -1.49. The van der Waals surface area contributed by atoms with Crippen molar-refractivity contribution in [2.45, 2.75) is 83.7 Å². The Morgan fingerprint density at radius 3 is 2.45 bits per heavy atom. The van der Waals surface area contributed by atoms with Gasteiger partial charge in [0.2, 0.25) is 5.91 Å². The summed E-state index contributed by atoms with van der Waals surface area (Å²) in [5.74, 6) is 1.19. The van der Waals surface area contributed by atoms with Gasteiger partial charge in [-0.2, -0.15) is 0 Å². The van der Waals surface area contributed by atoms with Crippen LogP contribution in [-0.2, 0) is 17.6 Å². The highest BCUT2D eigenvalue weighted by atomic mass is 79.9.